The molecule has 0 radical (unpaired) electrons. The summed E-state index contributed by atoms with van der Waals surface area (Å²) in [5.41, 5.74) is 1.51. The van der Waals surface area contributed by atoms with E-state index in [1.165, 1.54) is 0 Å². The number of fused-ring (bicyclic) bond motifs is 1. The molecule has 0 spiro atoms. The summed E-state index contributed by atoms with van der Waals surface area (Å²) in [6, 6.07) is 13.0. The first-order chi connectivity index (χ1) is 10.7. The van der Waals surface area contributed by atoms with Gasteiger partial charge in [-0.3, -0.25) is 9.36 Å². The normalized spacial score (nSPS) is 11.0. The molecule has 112 valence electrons. The number of rotatable bonds is 4. The van der Waals surface area contributed by atoms with E-state index in [2.05, 4.69) is 11.9 Å². The quantitative estimate of drug-likeness (QED) is 0.802. The van der Waals surface area contributed by atoms with Gasteiger partial charge in [-0.15, -0.1) is 0 Å². The van der Waals surface area contributed by atoms with E-state index in [1.807, 2.05) is 30.3 Å². The van der Waals surface area contributed by atoms with Gasteiger partial charge in [-0.1, -0.05) is 31.5 Å². The van der Waals surface area contributed by atoms with Gasteiger partial charge in [-0.2, -0.15) is 0 Å². The van der Waals surface area contributed by atoms with Crippen molar-refractivity contribution in [1.82, 2.24) is 9.55 Å². The minimum atomic E-state index is -0.191. The Bertz CT molecular complexity index is 854. The van der Waals surface area contributed by atoms with E-state index < -0.39 is 0 Å². The summed E-state index contributed by atoms with van der Waals surface area (Å²) in [6.07, 6.45) is 4.03. The van der Waals surface area contributed by atoms with Crippen molar-refractivity contribution in [3.63, 3.8) is 0 Å². The van der Waals surface area contributed by atoms with Crippen molar-refractivity contribution in [2.24, 2.45) is 0 Å². The molecule has 22 heavy (non-hydrogen) atoms. The minimum absolute atomic E-state index is 0.0636. The molecule has 0 unspecified atom stereocenters. The van der Waals surface area contributed by atoms with Crippen LogP contribution in [0.25, 0.3) is 16.7 Å². The van der Waals surface area contributed by atoms with Crippen LogP contribution in [-0.4, -0.2) is 14.7 Å². The molecule has 1 N–H and O–H groups in total. The van der Waals surface area contributed by atoms with Crippen molar-refractivity contribution < 1.29 is 5.11 Å². The fraction of sp³-hybridized carbons (Fsp3) is 0.222. The summed E-state index contributed by atoms with van der Waals surface area (Å²) in [6.45, 7) is 2.06. The maximum Gasteiger partial charge on any atom is 0.263 e. The second-order valence-electron chi connectivity index (χ2n) is 5.28. The Labute approximate surface area is 128 Å². The van der Waals surface area contributed by atoms with Crippen LogP contribution in [-0.2, 0) is 6.42 Å². The Kier molecular flexibility index (Phi) is 3.92. The van der Waals surface area contributed by atoms with Crippen LogP contribution in [0.15, 0.2) is 53.5 Å². The van der Waals surface area contributed by atoms with E-state index in [-0.39, 0.29) is 11.3 Å². The molecule has 4 heteroatoms. The molecular formula is C18H18N2O2. The van der Waals surface area contributed by atoms with Crippen molar-refractivity contribution in [2.45, 2.75) is 26.2 Å². The highest BCUT2D eigenvalue weighted by Crippen LogP contribution is 2.27. The number of hydrogen-bond acceptors (Lipinski definition) is 3. The minimum Gasteiger partial charge on any atom is -0.507 e. The van der Waals surface area contributed by atoms with Gasteiger partial charge < -0.3 is 5.11 Å². The van der Waals surface area contributed by atoms with Crippen LogP contribution in [0.5, 0.6) is 5.75 Å². The van der Waals surface area contributed by atoms with Crippen molar-refractivity contribution in [3.05, 3.63) is 64.6 Å². The Balaban J connectivity index is 2.37. The van der Waals surface area contributed by atoms with E-state index in [4.69, 9.17) is 0 Å². The maximum atomic E-state index is 12.9. The van der Waals surface area contributed by atoms with Crippen LogP contribution in [0.3, 0.4) is 0 Å². The molecule has 0 amide bonds. The highest BCUT2D eigenvalue weighted by atomic mass is 16.3. The molecule has 0 saturated heterocycles. The van der Waals surface area contributed by atoms with Crippen molar-refractivity contribution in [3.8, 4) is 11.4 Å². The first-order valence-corrected chi connectivity index (χ1v) is 7.51. The number of nitrogens with zero attached hydrogens (tertiary/aromatic N) is 2. The molecule has 0 aliphatic rings. The fourth-order valence-corrected chi connectivity index (χ4v) is 2.65. The van der Waals surface area contributed by atoms with Gasteiger partial charge in [0.15, 0.2) is 5.65 Å². The largest absolute Gasteiger partial charge is 0.507 e. The monoisotopic (exact) mass is 294 g/mol. The van der Waals surface area contributed by atoms with Crippen LogP contribution in [0, 0.1) is 0 Å². The smallest absolute Gasteiger partial charge is 0.263 e. The van der Waals surface area contributed by atoms with Gasteiger partial charge in [0.05, 0.1) is 16.6 Å². The van der Waals surface area contributed by atoms with Crippen LogP contribution in [0.1, 0.15) is 25.3 Å². The fourth-order valence-electron chi connectivity index (χ4n) is 2.65. The van der Waals surface area contributed by atoms with Crippen molar-refractivity contribution in [1.29, 1.82) is 0 Å². The van der Waals surface area contributed by atoms with Crippen LogP contribution in [0.4, 0.5) is 0 Å². The number of benzene rings is 1. The topological polar surface area (TPSA) is 55.1 Å². The third kappa shape index (κ3) is 2.37. The lowest BCUT2D eigenvalue weighted by Gasteiger charge is -2.14. The molecule has 0 atom stereocenters. The Hall–Kier alpha value is -2.62. The first-order valence-electron chi connectivity index (χ1n) is 7.51. The lowest BCUT2D eigenvalue weighted by molar-refractivity contribution is 0.470. The average molecular weight is 294 g/mol. The molecule has 0 fully saturated rings. The zero-order valence-electron chi connectivity index (χ0n) is 12.5. The summed E-state index contributed by atoms with van der Waals surface area (Å²) in [5, 5.41) is 11.1. The molecule has 0 bridgehead atoms. The number of para-hydroxylation sites is 1. The number of aromatic hydroxyl groups is 1. The molecule has 0 aliphatic carbocycles. The molecular weight excluding hydrogens is 276 g/mol. The molecule has 4 nitrogen and oxygen atoms in total. The zero-order chi connectivity index (χ0) is 15.5. The molecule has 0 aliphatic heterocycles. The predicted molar refractivity (Wildman–Crippen MR) is 87.6 cm³/mol. The number of unbranched alkanes of at least 4 members (excludes halogenated alkanes) is 1. The number of aromatic nitrogens is 2. The Morgan fingerprint density at radius 3 is 2.64 bits per heavy atom. The zero-order valence-corrected chi connectivity index (χ0v) is 12.5. The van der Waals surface area contributed by atoms with Crippen molar-refractivity contribution in [2.75, 3.05) is 0 Å². The molecule has 2 aromatic heterocycles. The third-order valence-electron chi connectivity index (χ3n) is 3.80. The lowest BCUT2D eigenvalue weighted by Crippen LogP contribution is -2.23. The molecule has 1 aromatic carbocycles. The highest BCUT2D eigenvalue weighted by molar-refractivity contribution is 5.84. The molecule has 3 rings (SSSR count). The first kappa shape index (κ1) is 14.3. The van der Waals surface area contributed by atoms with Crippen LogP contribution < -0.4 is 5.56 Å². The van der Waals surface area contributed by atoms with Gasteiger partial charge in [0, 0.05) is 6.20 Å². The van der Waals surface area contributed by atoms with Crippen LogP contribution in [0.2, 0.25) is 0 Å². The Morgan fingerprint density at radius 1 is 1.14 bits per heavy atom. The summed E-state index contributed by atoms with van der Waals surface area (Å²) in [7, 11) is 0. The van der Waals surface area contributed by atoms with E-state index >= 15 is 0 Å². The SMILES string of the molecule is CCCCc1c(O)c2cccnc2n(-c2ccccc2)c1=O. The lowest BCUT2D eigenvalue weighted by atomic mass is 10.1. The van der Waals surface area contributed by atoms with Gasteiger partial charge in [0.2, 0.25) is 0 Å². The third-order valence-corrected chi connectivity index (χ3v) is 3.80. The Morgan fingerprint density at radius 2 is 1.91 bits per heavy atom. The molecule has 0 saturated carbocycles. The van der Waals surface area contributed by atoms with Gasteiger partial charge in [0.1, 0.15) is 5.75 Å². The predicted octanol–water partition coefficient (Wildman–Crippen LogP) is 3.43. The van der Waals surface area contributed by atoms with Gasteiger partial charge in [0.25, 0.3) is 5.56 Å². The summed E-state index contributed by atoms with van der Waals surface area (Å²) in [5.74, 6) is 0.0636. The second-order valence-corrected chi connectivity index (χ2v) is 5.28. The van der Waals surface area contributed by atoms with Crippen LogP contribution >= 0.6 is 0 Å². The summed E-state index contributed by atoms with van der Waals surface area (Å²) >= 11 is 0. The molecule has 3 aromatic rings. The van der Waals surface area contributed by atoms with Gasteiger partial charge in [-0.25, -0.2) is 4.98 Å². The average Bonchev–Trinajstić information content (AvgIpc) is 2.56. The highest BCUT2D eigenvalue weighted by Gasteiger charge is 2.17. The van der Waals surface area contributed by atoms with E-state index in [9.17, 15) is 9.90 Å². The van der Waals surface area contributed by atoms with Gasteiger partial charge >= 0.3 is 0 Å². The summed E-state index contributed by atoms with van der Waals surface area (Å²) < 4.78 is 1.58. The van der Waals surface area contributed by atoms with E-state index in [0.29, 0.717) is 23.0 Å². The maximum absolute atomic E-state index is 12.9. The van der Waals surface area contributed by atoms with E-state index in [1.54, 1.807) is 22.9 Å². The second kappa shape index (κ2) is 6.02. The molecule has 2 heterocycles. The number of hydrogen-bond donors (Lipinski definition) is 1. The summed E-state index contributed by atoms with van der Waals surface area (Å²) in [4.78, 5) is 17.2. The number of pyridine rings is 2. The van der Waals surface area contributed by atoms with Crippen molar-refractivity contribution >= 4 is 11.0 Å². The standard InChI is InChI=1S/C18H18N2O2/c1-2-3-10-15-16(21)14-11-7-12-19-17(14)20(18(15)22)13-8-5-4-6-9-13/h4-9,11-12,21H,2-3,10H2,1H3. The van der Waals surface area contributed by atoms with E-state index in [0.717, 1.165) is 18.5 Å². The van der Waals surface area contributed by atoms with Gasteiger partial charge in [-0.05, 0) is 37.1 Å².